The molecule has 0 fully saturated rings. The van der Waals surface area contributed by atoms with Gasteiger partial charge in [0.15, 0.2) is 22.3 Å². The Kier molecular flexibility index (Phi) is 5.27. The minimum absolute atomic E-state index is 0.185. The van der Waals surface area contributed by atoms with E-state index < -0.39 is 5.97 Å². The number of benzene rings is 1. The molecule has 144 valence electrons. The molecule has 0 aliphatic carbocycles. The standard InChI is InChI=1S/C19H16N2O5S2/c1-2-24-18(23)12-10-27-19(20-12)21-17(22)16-6-5-15(28-16)11-3-4-13-14(9-11)26-8-7-25-13/h3-6,9-10H,2,7-8H2,1H3,(H,20,21,22). The molecule has 1 aliphatic rings. The zero-order valence-electron chi connectivity index (χ0n) is 14.9. The zero-order valence-corrected chi connectivity index (χ0v) is 16.5. The number of ether oxygens (including phenoxy) is 3. The van der Waals surface area contributed by atoms with E-state index in [0.29, 0.717) is 29.0 Å². The number of esters is 1. The van der Waals surface area contributed by atoms with Crippen LogP contribution in [0.1, 0.15) is 27.1 Å². The van der Waals surface area contributed by atoms with Gasteiger partial charge in [0.1, 0.15) is 13.2 Å². The van der Waals surface area contributed by atoms with Crippen LogP contribution in [0.15, 0.2) is 35.7 Å². The summed E-state index contributed by atoms with van der Waals surface area (Å²) >= 11 is 2.54. The Hall–Kier alpha value is -2.91. The van der Waals surface area contributed by atoms with Crippen molar-refractivity contribution >= 4 is 39.7 Å². The van der Waals surface area contributed by atoms with Crippen molar-refractivity contribution in [2.24, 2.45) is 0 Å². The van der Waals surface area contributed by atoms with Crippen LogP contribution < -0.4 is 14.8 Å². The highest BCUT2D eigenvalue weighted by atomic mass is 32.1. The molecular weight excluding hydrogens is 400 g/mol. The highest BCUT2D eigenvalue weighted by molar-refractivity contribution is 7.17. The van der Waals surface area contributed by atoms with Crippen molar-refractivity contribution in [3.63, 3.8) is 0 Å². The molecule has 0 unspecified atom stereocenters. The molecule has 2 aromatic heterocycles. The number of aromatic nitrogens is 1. The first-order chi connectivity index (χ1) is 13.6. The van der Waals surface area contributed by atoms with Gasteiger partial charge in [-0.1, -0.05) is 0 Å². The Balaban J connectivity index is 1.47. The number of rotatable bonds is 5. The molecule has 0 saturated heterocycles. The summed E-state index contributed by atoms with van der Waals surface area (Å²) in [5.74, 6) is 0.651. The molecule has 4 rings (SSSR count). The summed E-state index contributed by atoms with van der Waals surface area (Å²) in [4.78, 5) is 29.7. The van der Waals surface area contributed by atoms with Gasteiger partial charge >= 0.3 is 5.97 Å². The van der Waals surface area contributed by atoms with Crippen LogP contribution in [0.25, 0.3) is 10.4 Å². The summed E-state index contributed by atoms with van der Waals surface area (Å²) in [6.45, 7) is 3.07. The molecule has 9 heteroatoms. The quantitative estimate of drug-likeness (QED) is 0.631. The van der Waals surface area contributed by atoms with E-state index in [9.17, 15) is 9.59 Å². The Bertz CT molecular complexity index is 1030. The second-order valence-corrected chi connectivity index (χ2v) is 7.68. The Labute approximate surface area is 168 Å². The molecule has 28 heavy (non-hydrogen) atoms. The number of hydrogen-bond acceptors (Lipinski definition) is 8. The van der Waals surface area contributed by atoms with Crippen LogP contribution in [0.4, 0.5) is 5.13 Å². The van der Waals surface area contributed by atoms with Gasteiger partial charge in [0.05, 0.1) is 11.5 Å². The van der Waals surface area contributed by atoms with Gasteiger partial charge in [-0.15, -0.1) is 22.7 Å². The van der Waals surface area contributed by atoms with E-state index in [0.717, 1.165) is 16.2 Å². The third-order valence-corrected chi connectivity index (χ3v) is 5.76. The van der Waals surface area contributed by atoms with E-state index in [-0.39, 0.29) is 18.2 Å². The molecule has 3 heterocycles. The minimum atomic E-state index is -0.503. The average Bonchev–Trinajstić information content (AvgIpc) is 3.38. The minimum Gasteiger partial charge on any atom is -0.486 e. The molecule has 7 nitrogen and oxygen atoms in total. The van der Waals surface area contributed by atoms with Gasteiger partial charge < -0.3 is 14.2 Å². The lowest BCUT2D eigenvalue weighted by atomic mass is 10.1. The molecule has 0 saturated carbocycles. The Morgan fingerprint density at radius 1 is 1.18 bits per heavy atom. The molecular formula is C19H16N2O5S2. The maximum absolute atomic E-state index is 12.5. The molecule has 1 amide bonds. The number of nitrogens with one attached hydrogen (secondary N) is 1. The summed E-state index contributed by atoms with van der Waals surface area (Å²) in [6, 6.07) is 9.36. The first-order valence-corrected chi connectivity index (χ1v) is 10.3. The lowest BCUT2D eigenvalue weighted by Crippen LogP contribution is -2.15. The maximum Gasteiger partial charge on any atom is 0.357 e. The van der Waals surface area contributed by atoms with Gasteiger partial charge in [-0.3, -0.25) is 10.1 Å². The van der Waals surface area contributed by atoms with Crippen LogP contribution in [0.5, 0.6) is 11.5 Å². The summed E-state index contributed by atoms with van der Waals surface area (Å²) in [5.41, 5.74) is 1.14. The summed E-state index contributed by atoms with van der Waals surface area (Å²) in [6.07, 6.45) is 0. The summed E-state index contributed by atoms with van der Waals surface area (Å²) < 4.78 is 16.0. The molecule has 1 aliphatic heterocycles. The zero-order chi connectivity index (χ0) is 19.5. The number of amides is 1. The number of thiophene rings is 1. The average molecular weight is 416 g/mol. The van der Waals surface area contributed by atoms with Gasteiger partial charge in [0.25, 0.3) is 5.91 Å². The van der Waals surface area contributed by atoms with Gasteiger partial charge in [-0.05, 0) is 42.8 Å². The Morgan fingerprint density at radius 3 is 2.82 bits per heavy atom. The largest absolute Gasteiger partial charge is 0.486 e. The van der Waals surface area contributed by atoms with Crippen LogP contribution in [0, 0.1) is 0 Å². The van der Waals surface area contributed by atoms with E-state index in [4.69, 9.17) is 14.2 Å². The highest BCUT2D eigenvalue weighted by Crippen LogP contribution is 2.37. The smallest absolute Gasteiger partial charge is 0.357 e. The van der Waals surface area contributed by atoms with Crippen molar-refractivity contribution in [2.75, 3.05) is 25.1 Å². The van der Waals surface area contributed by atoms with Crippen molar-refractivity contribution in [1.29, 1.82) is 0 Å². The number of hydrogen-bond donors (Lipinski definition) is 1. The predicted molar refractivity (Wildman–Crippen MR) is 107 cm³/mol. The van der Waals surface area contributed by atoms with Crippen LogP contribution >= 0.6 is 22.7 Å². The third kappa shape index (κ3) is 3.85. The second-order valence-electron chi connectivity index (χ2n) is 5.73. The molecule has 1 N–H and O–H groups in total. The van der Waals surface area contributed by atoms with E-state index >= 15 is 0 Å². The fourth-order valence-electron chi connectivity index (χ4n) is 2.60. The molecule has 0 bridgehead atoms. The topological polar surface area (TPSA) is 86.8 Å². The van der Waals surface area contributed by atoms with Crippen molar-refractivity contribution < 1.29 is 23.8 Å². The fourth-order valence-corrected chi connectivity index (χ4v) is 4.17. The van der Waals surface area contributed by atoms with Crippen molar-refractivity contribution in [3.8, 4) is 21.9 Å². The van der Waals surface area contributed by atoms with E-state index in [1.165, 1.54) is 22.7 Å². The van der Waals surface area contributed by atoms with E-state index in [2.05, 4.69) is 10.3 Å². The fraction of sp³-hybridized carbons (Fsp3) is 0.211. The molecule has 0 atom stereocenters. The number of fused-ring (bicyclic) bond motifs is 1. The van der Waals surface area contributed by atoms with Crippen molar-refractivity contribution in [1.82, 2.24) is 4.98 Å². The van der Waals surface area contributed by atoms with Crippen molar-refractivity contribution in [3.05, 3.63) is 46.3 Å². The van der Waals surface area contributed by atoms with Crippen LogP contribution in [0.2, 0.25) is 0 Å². The molecule has 1 aromatic carbocycles. The lowest BCUT2D eigenvalue weighted by Gasteiger charge is -2.18. The van der Waals surface area contributed by atoms with E-state index in [1.54, 1.807) is 18.4 Å². The number of anilines is 1. The second kappa shape index (κ2) is 7.99. The third-order valence-electron chi connectivity index (χ3n) is 3.87. The Morgan fingerprint density at radius 2 is 2.00 bits per heavy atom. The van der Waals surface area contributed by atoms with Gasteiger partial charge in [-0.2, -0.15) is 0 Å². The normalized spacial score (nSPS) is 12.5. The number of nitrogens with zero attached hydrogens (tertiary/aromatic N) is 1. The summed E-state index contributed by atoms with van der Waals surface area (Å²) in [5, 5.41) is 4.62. The van der Waals surface area contributed by atoms with E-state index in [1.807, 2.05) is 24.3 Å². The highest BCUT2D eigenvalue weighted by Gasteiger charge is 2.17. The molecule has 3 aromatic rings. The molecule has 0 radical (unpaired) electrons. The van der Waals surface area contributed by atoms with Gasteiger partial charge in [0, 0.05) is 10.3 Å². The first-order valence-electron chi connectivity index (χ1n) is 8.58. The van der Waals surface area contributed by atoms with Crippen LogP contribution in [-0.4, -0.2) is 36.7 Å². The van der Waals surface area contributed by atoms with Crippen LogP contribution in [-0.2, 0) is 4.74 Å². The monoisotopic (exact) mass is 416 g/mol. The first kappa shape index (κ1) is 18.5. The summed E-state index contributed by atoms with van der Waals surface area (Å²) in [7, 11) is 0. The van der Waals surface area contributed by atoms with Crippen molar-refractivity contribution in [2.45, 2.75) is 6.92 Å². The maximum atomic E-state index is 12.5. The number of carbonyl (C=O) groups excluding carboxylic acids is 2. The lowest BCUT2D eigenvalue weighted by molar-refractivity contribution is 0.0520. The number of thiazole rings is 1. The van der Waals surface area contributed by atoms with Gasteiger partial charge in [-0.25, -0.2) is 9.78 Å². The van der Waals surface area contributed by atoms with Gasteiger partial charge in [0.2, 0.25) is 0 Å². The SMILES string of the molecule is CCOC(=O)c1csc(NC(=O)c2ccc(-c3ccc4c(c3)OCCO4)s2)n1. The predicted octanol–water partition coefficient (Wildman–Crippen LogP) is 4.07. The van der Waals surface area contributed by atoms with Crippen LogP contribution in [0.3, 0.4) is 0 Å². The number of carbonyl (C=O) groups is 2. The molecule has 0 spiro atoms.